The number of hydrogen-bond acceptors (Lipinski definition) is 5. The van der Waals surface area contributed by atoms with Gasteiger partial charge in [-0.1, -0.05) is 0 Å². The maximum atomic E-state index is 12.2. The fourth-order valence-electron chi connectivity index (χ4n) is 2.02. The van der Waals surface area contributed by atoms with Crippen molar-refractivity contribution in [3.05, 3.63) is 29.8 Å². The number of hydrogen-bond donors (Lipinski definition) is 2. The van der Waals surface area contributed by atoms with Crippen molar-refractivity contribution in [2.45, 2.75) is 17.9 Å². The quantitative estimate of drug-likeness (QED) is 0.677. The van der Waals surface area contributed by atoms with Gasteiger partial charge in [0, 0.05) is 31.8 Å². The third-order valence-electron chi connectivity index (χ3n) is 3.32. The highest BCUT2D eigenvalue weighted by Crippen LogP contribution is 2.21. The van der Waals surface area contributed by atoms with E-state index in [4.69, 9.17) is 4.74 Å². The molecule has 0 aliphatic carbocycles. The van der Waals surface area contributed by atoms with E-state index in [1.54, 1.807) is 0 Å². The summed E-state index contributed by atoms with van der Waals surface area (Å²) in [6, 6.07) is 5.74. The Morgan fingerprint density at radius 2 is 2.00 bits per heavy atom. The van der Waals surface area contributed by atoms with Gasteiger partial charge in [0.05, 0.1) is 17.6 Å². The van der Waals surface area contributed by atoms with Crippen molar-refractivity contribution >= 4 is 15.9 Å². The van der Waals surface area contributed by atoms with Gasteiger partial charge in [0.2, 0.25) is 10.0 Å². The first-order valence-electron chi connectivity index (χ1n) is 7.09. The summed E-state index contributed by atoms with van der Waals surface area (Å²) < 4.78 is 30.7. The van der Waals surface area contributed by atoms with Gasteiger partial charge >= 0.3 is 0 Å². The van der Waals surface area contributed by atoms with E-state index < -0.39 is 16.1 Å². The maximum Gasteiger partial charge on any atom is 0.251 e. The van der Waals surface area contributed by atoms with Crippen LogP contribution in [0.25, 0.3) is 0 Å². The van der Waals surface area contributed by atoms with Crippen LogP contribution in [0.4, 0.5) is 0 Å². The molecule has 2 rings (SSSR count). The molecule has 1 heterocycles. The minimum absolute atomic E-state index is 0.113. The van der Waals surface area contributed by atoms with Crippen LogP contribution in [-0.2, 0) is 14.8 Å². The Balaban J connectivity index is 1.96. The lowest BCUT2D eigenvalue weighted by atomic mass is 10.2. The highest BCUT2D eigenvalue weighted by atomic mass is 32.2. The fraction of sp³-hybridized carbons (Fsp3) is 0.500. The third kappa shape index (κ3) is 3.83. The number of rotatable bonds is 7. The van der Waals surface area contributed by atoms with Crippen molar-refractivity contribution in [2.24, 2.45) is 0 Å². The minimum Gasteiger partial charge on any atom is -0.390 e. The predicted octanol–water partition coefficient (Wildman–Crippen LogP) is -0.182. The first kappa shape index (κ1) is 16.9. The Hall–Kier alpha value is -1.48. The number of carbonyl (C=O) groups is 1. The third-order valence-corrected chi connectivity index (χ3v) is 5.16. The first-order chi connectivity index (χ1) is 10.4. The van der Waals surface area contributed by atoms with E-state index >= 15 is 0 Å². The molecule has 1 fully saturated rings. The van der Waals surface area contributed by atoms with E-state index in [0.29, 0.717) is 25.3 Å². The van der Waals surface area contributed by atoms with Crippen LogP contribution >= 0.6 is 0 Å². The maximum absolute atomic E-state index is 12.2. The van der Waals surface area contributed by atoms with Crippen LogP contribution in [0.5, 0.6) is 0 Å². The summed E-state index contributed by atoms with van der Waals surface area (Å²) in [5.74, 6) is -0.275. The summed E-state index contributed by atoms with van der Waals surface area (Å²) in [5.41, 5.74) is 0.388. The van der Waals surface area contributed by atoms with Crippen LogP contribution in [0.15, 0.2) is 29.2 Å². The molecule has 0 aromatic heterocycles. The standard InChI is InChI=1S/C14H20N2O5S/c1-2-21-8-7-15-14(18)11-3-5-13(6-4-11)22(19,20)16-9-12(17)10-16/h3-6,12,17H,2,7-10H2,1H3,(H,15,18). The lowest BCUT2D eigenvalue weighted by Crippen LogP contribution is -2.53. The number of β-amino-alcohol motifs (C(OH)–C–C–N with tert-alkyl or cyclic N) is 1. The van der Waals surface area contributed by atoms with Gasteiger partial charge in [-0.05, 0) is 31.2 Å². The summed E-state index contributed by atoms with van der Waals surface area (Å²) in [5, 5.41) is 11.9. The molecule has 1 saturated heterocycles. The van der Waals surface area contributed by atoms with Crippen LogP contribution in [0.2, 0.25) is 0 Å². The summed E-state index contributed by atoms with van der Waals surface area (Å²) in [7, 11) is -3.58. The van der Waals surface area contributed by atoms with Gasteiger partial charge in [0.1, 0.15) is 0 Å². The lowest BCUT2D eigenvalue weighted by molar-refractivity contribution is 0.0548. The van der Waals surface area contributed by atoms with Crippen LogP contribution < -0.4 is 5.32 Å². The zero-order chi connectivity index (χ0) is 16.2. The number of nitrogens with zero attached hydrogens (tertiary/aromatic N) is 1. The van der Waals surface area contributed by atoms with Crippen LogP contribution in [0.3, 0.4) is 0 Å². The SMILES string of the molecule is CCOCCNC(=O)c1ccc(S(=O)(=O)N2CC(O)C2)cc1. The van der Waals surface area contributed by atoms with Gasteiger partial charge < -0.3 is 15.2 Å². The van der Waals surface area contributed by atoms with Gasteiger partial charge in [0.15, 0.2) is 0 Å². The molecule has 22 heavy (non-hydrogen) atoms. The van der Waals surface area contributed by atoms with Crippen LogP contribution in [0.1, 0.15) is 17.3 Å². The second-order valence-corrected chi connectivity index (χ2v) is 6.89. The van der Waals surface area contributed by atoms with Crippen molar-refractivity contribution in [1.82, 2.24) is 9.62 Å². The van der Waals surface area contributed by atoms with Crippen molar-refractivity contribution in [3.8, 4) is 0 Å². The molecule has 0 radical (unpaired) electrons. The molecule has 0 saturated carbocycles. The molecule has 0 spiro atoms. The lowest BCUT2D eigenvalue weighted by Gasteiger charge is -2.34. The Morgan fingerprint density at radius 3 is 2.55 bits per heavy atom. The average Bonchev–Trinajstić information content (AvgIpc) is 2.48. The van der Waals surface area contributed by atoms with E-state index in [9.17, 15) is 18.3 Å². The molecule has 8 heteroatoms. The second kappa shape index (κ2) is 7.19. The number of nitrogens with one attached hydrogen (secondary N) is 1. The Kier molecular flexibility index (Phi) is 5.52. The normalized spacial score (nSPS) is 16.3. The Labute approximate surface area is 129 Å². The molecule has 0 unspecified atom stereocenters. The molecule has 1 aliphatic heterocycles. The number of benzene rings is 1. The van der Waals surface area contributed by atoms with Gasteiger partial charge in [0.25, 0.3) is 5.91 Å². The van der Waals surface area contributed by atoms with Crippen molar-refractivity contribution in [2.75, 3.05) is 32.8 Å². The summed E-state index contributed by atoms with van der Waals surface area (Å²) in [6.45, 7) is 3.53. The number of aliphatic hydroxyl groups is 1. The molecule has 1 aliphatic rings. The van der Waals surface area contributed by atoms with Gasteiger partial charge in [-0.3, -0.25) is 4.79 Å². The zero-order valence-corrected chi connectivity index (χ0v) is 13.2. The highest BCUT2D eigenvalue weighted by molar-refractivity contribution is 7.89. The van der Waals surface area contributed by atoms with Gasteiger partial charge in [-0.15, -0.1) is 0 Å². The van der Waals surface area contributed by atoms with Crippen molar-refractivity contribution in [1.29, 1.82) is 0 Å². The molecule has 1 aromatic carbocycles. The van der Waals surface area contributed by atoms with E-state index in [1.165, 1.54) is 28.6 Å². The average molecular weight is 328 g/mol. The summed E-state index contributed by atoms with van der Waals surface area (Å²) in [6.07, 6.45) is -0.592. The zero-order valence-electron chi connectivity index (χ0n) is 12.4. The number of carbonyl (C=O) groups excluding carboxylic acids is 1. The number of sulfonamides is 1. The molecule has 122 valence electrons. The largest absolute Gasteiger partial charge is 0.390 e. The molecule has 7 nitrogen and oxygen atoms in total. The van der Waals surface area contributed by atoms with E-state index in [1.807, 2.05) is 6.92 Å². The molecule has 2 N–H and O–H groups in total. The highest BCUT2D eigenvalue weighted by Gasteiger charge is 2.35. The fourth-order valence-corrected chi connectivity index (χ4v) is 3.54. The molecular formula is C14H20N2O5S. The van der Waals surface area contributed by atoms with Gasteiger partial charge in [-0.25, -0.2) is 8.42 Å². The second-order valence-electron chi connectivity index (χ2n) is 4.95. The molecular weight excluding hydrogens is 308 g/mol. The van der Waals surface area contributed by atoms with E-state index in [0.717, 1.165) is 0 Å². The monoisotopic (exact) mass is 328 g/mol. The Bertz CT molecular complexity index is 609. The topological polar surface area (TPSA) is 95.9 Å². The van der Waals surface area contributed by atoms with Crippen molar-refractivity contribution in [3.63, 3.8) is 0 Å². The number of ether oxygens (including phenoxy) is 1. The number of amides is 1. The van der Waals surface area contributed by atoms with E-state index in [2.05, 4.69) is 5.32 Å². The first-order valence-corrected chi connectivity index (χ1v) is 8.53. The molecule has 0 bridgehead atoms. The summed E-state index contributed by atoms with van der Waals surface area (Å²) in [4.78, 5) is 12.0. The Morgan fingerprint density at radius 1 is 1.36 bits per heavy atom. The smallest absolute Gasteiger partial charge is 0.251 e. The summed E-state index contributed by atoms with van der Waals surface area (Å²) >= 11 is 0. The van der Waals surface area contributed by atoms with Gasteiger partial charge in [-0.2, -0.15) is 4.31 Å². The number of aliphatic hydroxyl groups excluding tert-OH is 1. The molecule has 1 aromatic rings. The molecule has 1 amide bonds. The van der Waals surface area contributed by atoms with Crippen LogP contribution in [0, 0.1) is 0 Å². The van der Waals surface area contributed by atoms with E-state index in [-0.39, 0.29) is 23.9 Å². The predicted molar refractivity (Wildman–Crippen MR) is 80.0 cm³/mol. The minimum atomic E-state index is -3.58. The van der Waals surface area contributed by atoms with Crippen LogP contribution in [-0.4, -0.2) is 62.7 Å². The van der Waals surface area contributed by atoms with Crippen molar-refractivity contribution < 1.29 is 23.1 Å². The molecule has 0 atom stereocenters.